The average Bonchev–Trinajstić information content (AvgIpc) is 2.72. The van der Waals surface area contributed by atoms with Gasteiger partial charge in [0.2, 0.25) is 0 Å². The Bertz CT molecular complexity index is 413. The lowest BCUT2D eigenvalue weighted by Crippen LogP contribution is -2.06. The molecule has 1 aromatic rings. The number of rotatable bonds is 5. The first-order valence-electron chi connectivity index (χ1n) is 6.36. The van der Waals surface area contributed by atoms with Crippen LogP contribution in [-0.2, 0) is 17.6 Å². The summed E-state index contributed by atoms with van der Waals surface area (Å²) in [6.07, 6.45) is 6.24. The molecule has 0 bridgehead atoms. The standard InChI is InChI=1S/C12H19N3O2S/c1-15-10(7-18-8-11(16)17)13-12(14-15)9-5-3-2-4-6-9/h9H,2-8H2,1H3,(H,16,17). The van der Waals surface area contributed by atoms with Gasteiger partial charge >= 0.3 is 5.97 Å². The molecule has 0 unspecified atom stereocenters. The topological polar surface area (TPSA) is 68.0 Å². The summed E-state index contributed by atoms with van der Waals surface area (Å²) in [6, 6.07) is 0. The Morgan fingerprint density at radius 2 is 2.17 bits per heavy atom. The molecule has 1 fully saturated rings. The van der Waals surface area contributed by atoms with Gasteiger partial charge in [0.15, 0.2) is 5.82 Å². The molecule has 1 heterocycles. The first kappa shape index (κ1) is 13.4. The number of carbonyl (C=O) groups is 1. The maximum absolute atomic E-state index is 10.5. The molecule has 0 spiro atoms. The first-order valence-corrected chi connectivity index (χ1v) is 7.51. The van der Waals surface area contributed by atoms with Gasteiger partial charge in [0.25, 0.3) is 0 Å². The molecular formula is C12H19N3O2S. The fraction of sp³-hybridized carbons (Fsp3) is 0.750. The zero-order chi connectivity index (χ0) is 13.0. The van der Waals surface area contributed by atoms with Crippen molar-refractivity contribution < 1.29 is 9.90 Å². The number of carboxylic acids is 1. The Morgan fingerprint density at radius 3 is 2.83 bits per heavy atom. The van der Waals surface area contributed by atoms with Crippen molar-refractivity contribution in [3.63, 3.8) is 0 Å². The van der Waals surface area contributed by atoms with E-state index < -0.39 is 5.97 Å². The second-order valence-corrected chi connectivity index (χ2v) is 5.72. The molecule has 0 aromatic carbocycles. The van der Waals surface area contributed by atoms with Gasteiger partial charge in [0.1, 0.15) is 5.82 Å². The third kappa shape index (κ3) is 3.48. The summed E-state index contributed by atoms with van der Waals surface area (Å²) in [5.74, 6) is 2.27. The van der Waals surface area contributed by atoms with Gasteiger partial charge in [-0.1, -0.05) is 19.3 Å². The van der Waals surface area contributed by atoms with Crippen LogP contribution >= 0.6 is 11.8 Å². The van der Waals surface area contributed by atoms with E-state index in [0.29, 0.717) is 11.7 Å². The predicted octanol–water partition coefficient (Wildman–Crippen LogP) is 2.18. The summed E-state index contributed by atoms with van der Waals surface area (Å²) in [7, 11) is 1.88. The molecular weight excluding hydrogens is 250 g/mol. The van der Waals surface area contributed by atoms with Crippen LogP contribution in [0.4, 0.5) is 0 Å². The number of aryl methyl sites for hydroxylation is 1. The van der Waals surface area contributed by atoms with Gasteiger partial charge in [0.05, 0.1) is 11.5 Å². The van der Waals surface area contributed by atoms with Crippen LogP contribution in [0.5, 0.6) is 0 Å². The van der Waals surface area contributed by atoms with Gasteiger partial charge in [-0.2, -0.15) is 5.10 Å². The third-order valence-electron chi connectivity index (χ3n) is 3.30. The highest BCUT2D eigenvalue weighted by Gasteiger charge is 2.20. The molecule has 5 nitrogen and oxygen atoms in total. The fourth-order valence-corrected chi connectivity index (χ4v) is 3.04. The Labute approximate surface area is 111 Å². The van der Waals surface area contributed by atoms with E-state index in [1.54, 1.807) is 4.68 Å². The van der Waals surface area contributed by atoms with Gasteiger partial charge in [-0.3, -0.25) is 9.48 Å². The Hall–Kier alpha value is -1.04. The molecule has 2 rings (SSSR count). The normalized spacial score (nSPS) is 16.9. The highest BCUT2D eigenvalue weighted by Crippen LogP contribution is 2.30. The van der Waals surface area contributed by atoms with E-state index in [4.69, 9.17) is 5.11 Å². The summed E-state index contributed by atoms with van der Waals surface area (Å²) < 4.78 is 1.79. The van der Waals surface area contributed by atoms with Crippen LogP contribution in [0.3, 0.4) is 0 Å². The second-order valence-electron chi connectivity index (χ2n) is 4.73. The molecule has 0 aliphatic heterocycles. The van der Waals surface area contributed by atoms with E-state index in [2.05, 4.69) is 10.1 Å². The Morgan fingerprint density at radius 1 is 1.44 bits per heavy atom. The minimum atomic E-state index is -0.783. The van der Waals surface area contributed by atoms with Crippen molar-refractivity contribution in [2.24, 2.45) is 7.05 Å². The highest BCUT2D eigenvalue weighted by molar-refractivity contribution is 7.99. The van der Waals surface area contributed by atoms with Crippen molar-refractivity contribution in [2.45, 2.75) is 43.8 Å². The molecule has 1 N–H and O–H groups in total. The molecule has 0 radical (unpaired) electrons. The van der Waals surface area contributed by atoms with E-state index in [9.17, 15) is 4.79 Å². The lowest BCUT2D eigenvalue weighted by atomic mass is 9.89. The van der Waals surface area contributed by atoms with Crippen molar-refractivity contribution in [3.05, 3.63) is 11.6 Å². The molecule has 0 amide bonds. The van der Waals surface area contributed by atoms with Crippen molar-refractivity contribution in [2.75, 3.05) is 5.75 Å². The SMILES string of the molecule is Cn1nc(C2CCCCC2)nc1CSCC(=O)O. The smallest absolute Gasteiger partial charge is 0.313 e. The van der Waals surface area contributed by atoms with Crippen LogP contribution in [0.1, 0.15) is 49.7 Å². The monoisotopic (exact) mass is 269 g/mol. The predicted molar refractivity (Wildman–Crippen MR) is 70.6 cm³/mol. The summed E-state index contributed by atoms with van der Waals surface area (Å²) in [6.45, 7) is 0. The number of nitrogens with zero attached hydrogens (tertiary/aromatic N) is 3. The van der Waals surface area contributed by atoms with Crippen LogP contribution in [0.15, 0.2) is 0 Å². The van der Waals surface area contributed by atoms with Crippen LogP contribution in [0.25, 0.3) is 0 Å². The lowest BCUT2D eigenvalue weighted by molar-refractivity contribution is -0.133. The minimum absolute atomic E-state index is 0.117. The van der Waals surface area contributed by atoms with E-state index >= 15 is 0 Å². The van der Waals surface area contributed by atoms with Gasteiger partial charge in [-0.15, -0.1) is 11.8 Å². The second kappa shape index (κ2) is 6.22. The number of aromatic nitrogens is 3. The summed E-state index contributed by atoms with van der Waals surface area (Å²) >= 11 is 1.37. The van der Waals surface area contributed by atoms with Gasteiger partial charge in [0, 0.05) is 13.0 Å². The molecule has 1 aromatic heterocycles. The number of thioether (sulfide) groups is 1. The molecule has 0 atom stereocenters. The molecule has 1 aliphatic rings. The van der Waals surface area contributed by atoms with Crippen molar-refractivity contribution in [3.8, 4) is 0 Å². The van der Waals surface area contributed by atoms with Gasteiger partial charge in [-0.25, -0.2) is 4.98 Å². The van der Waals surface area contributed by atoms with Crippen LogP contribution in [0.2, 0.25) is 0 Å². The number of hydrogen-bond donors (Lipinski definition) is 1. The molecule has 0 saturated heterocycles. The van der Waals surface area contributed by atoms with Crippen molar-refractivity contribution >= 4 is 17.7 Å². The quantitative estimate of drug-likeness (QED) is 0.887. The summed E-state index contributed by atoms with van der Waals surface area (Å²) in [4.78, 5) is 15.0. The van der Waals surface area contributed by atoms with Gasteiger partial charge in [-0.05, 0) is 12.8 Å². The molecule has 18 heavy (non-hydrogen) atoms. The zero-order valence-electron chi connectivity index (χ0n) is 10.6. The van der Waals surface area contributed by atoms with Crippen LogP contribution in [-0.4, -0.2) is 31.6 Å². The fourth-order valence-electron chi connectivity index (χ4n) is 2.33. The van der Waals surface area contributed by atoms with Crippen molar-refractivity contribution in [1.82, 2.24) is 14.8 Å². The molecule has 1 saturated carbocycles. The summed E-state index contributed by atoms with van der Waals surface area (Å²) in [5.41, 5.74) is 0. The highest BCUT2D eigenvalue weighted by atomic mass is 32.2. The maximum Gasteiger partial charge on any atom is 0.313 e. The first-order chi connectivity index (χ1) is 8.66. The lowest BCUT2D eigenvalue weighted by Gasteiger charge is -2.18. The maximum atomic E-state index is 10.5. The van der Waals surface area contributed by atoms with E-state index in [1.807, 2.05) is 7.05 Å². The molecule has 1 aliphatic carbocycles. The van der Waals surface area contributed by atoms with Crippen LogP contribution < -0.4 is 0 Å². The van der Waals surface area contributed by atoms with Crippen LogP contribution in [0, 0.1) is 0 Å². The summed E-state index contributed by atoms with van der Waals surface area (Å²) in [5, 5.41) is 13.1. The number of aliphatic carboxylic acids is 1. The third-order valence-corrected chi connectivity index (χ3v) is 4.21. The number of carboxylic acid groups (broad SMARTS) is 1. The minimum Gasteiger partial charge on any atom is -0.481 e. The van der Waals surface area contributed by atoms with Gasteiger partial charge < -0.3 is 5.11 Å². The molecule has 100 valence electrons. The van der Waals surface area contributed by atoms with E-state index in [1.165, 1.54) is 43.9 Å². The Balaban J connectivity index is 1.95. The number of hydrogen-bond acceptors (Lipinski definition) is 4. The Kier molecular flexibility index (Phi) is 4.63. The average molecular weight is 269 g/mol. The van der Waals surface area contributed by atoms with E-state index in [0.717, 1.165) is 11.6 Å². The zero-order valence-corrected chi connectivity index (χ0v) is 11.4. The molecule has 6 heteroatoms. The van der Waals surface area contributed by atoms with E-state index in [-0.39, 0.29) is 5.75 Å². The van der Waals surface area contributed by atoms with Crippen molar-refractivity contribution in [1.29, 1.82) is 0 Å². The largest absolute Gasteiger partial charge is 0.481 e.